The average molecular weight is 208 g/mol. The zero-order valence-electron chi connectivity index (χ0n) is 10.6. The molecule has 1 aliphatic carbocycles. The summed E-state index contributed by atoms with van der Waals surface area (Å²) >= 11 is 0. The molecule has 2 nitrogen and oxygen atoms in total. The molecule has 2 heteroatoms. The lowest BCUT2D eigenvalue weighted by atomic mass is 9.63. The molecule has 0 aromatic heterocycles. The number of rotatable bonds is 3. The van der Waals surface area contributed by atoms with E-state index in [1.165, 1.54) is 19.3 Å². The van der Waals surface area contributed by atoms with Crippen LogP contribution in [0.15, 0.2) is 0 Å². The molecule has 1 aliphatic rings. The maximum atomic E-state index is 9.62. The Morgan fingerprint density at radius 1 is 1.13 bits per heavy atom. The van der Waals surface area contributed by atoms with Crippen LogP contribution in [-0.2, 0) is 0 Å². The molecule has 15 heavy (non-hydrogen) atoms. The molecular formula is C13H24N2. The van der Waals surface area contributed by atoms with Crippen molar-refractivity contribution in [2.75, 3.05) is 13.1 Å². The van der Waals surface area contributed by atoms with E-state index in [0.717, 1.165) is 19.5 Å². The third-order valence-electron chi connectivity index (χ3n) is 4.20. The van der Waals surface area contributed by atoms with Crippen LogP contribution < -0.4 is 0 Å². The summed E-state index contributed by atoms with van der Waals surface area (Å²) in [6.07, 6.45) is 4.69. The second-order valence-corrected chi connectivity index (χ2v) is 5.24. The van der Waals surface area contributed by atoms with E-state index < -0.39 is 0 Å². The van der Waals surface area contributed by atoms with Gasteiger partial charge in [0.2, 0.25) is 0 Å². The van der Waals surface area contributed by atoms with Crippen LogP contribution in [0.25, 0.3) is 0 Å². The highest BCUT2D eigenvalue weighted by Crippen LogP contribution is 2.46. The second-order valence-electron chi connectivity index (χ2n) is 5.24. The Morgan fingerprint density at radius 2 is 1.67 bits per heavy atom. The number of nitriles is 1. The highest BCUT2D eigenvalue weighted by Gasteiger charge is 2.50. The predicted octanol–water partition coefficient (Wildman–Crippen LogP) is 3.19. The van der Waals surface area contributed by atoms with Gasteiger partial charge in [-0.3, -0.25) is 4.90 Å². The first-order chi connectivity index (χ1) is 7.04. The van der Waals surface area contributed by atoms with Crippen LogP contribution in [0.5, 0.6) is 0 Å². The fraction of sp³-hybridized carbons (Fsp3) is 0.923. The van der Waals surface area contributed by atoms with Crippen LogP contribution in [0.3, 0.4) is 0 Å². The molecule has 0 spiro atoms. The van der Waals surface area contributed by atoms with Gasteiger partial charge >= 0.3 is 0 Å². The Morgan fingerprint density at radius 3 is 2.07 bits per heavy atom. The van der Waals surface area contributed by atoms with Crippen molar-refractivity contribution in [1.29, 1.82) is 5.26 Å². The monoisotopic (exact) mass is 208 g/mol. The summed E-state index contributed by atoms with van der Waals surface area (Å²) < 4.78 is 0. The Bertz CT molecular complexity index is 248. The molecule has 0 aliphatic heterocycles. The molecule has 0 radical (unpaired) electrons. The van der Waals surface area contributed by atoms with Gasteiger partial charge in [-0.2, -0.15) is 5.26 Å². The van der Waals surface area contributed by atoms with E-state index in [4.69, 9.17) is 0 Å². The molecule has 0 saturated heterocycles. The maximum absolute atomic E-state index is 9.62. The average Bonchev–Trinajstić information content (AvgIpc) is 2.22. The fourth-order valence-electron chi connectivity index (χ4n) is 3.12. The zero-order valence-corrected chi connectivity index (χ0v) is 10.6. The van der Waals surface area contributed by atoms with Crippen LogP contribution in [0.2, 0.25) is 0 Å². The van der Waals surface area contributed by atoms with Gasteiger partial charge in [0.25, 0.3) is 0 Å². The van der Waals surface area contributed by atoms with Gasteiger partial charge in [0, 0.05) is 0 Å². The summed E-state index contributed by atoms with van der Waals surface area (Å²) in [6.45, 7) is 10.8. The molecule has 1 saturated carbocycles. The number of nitrogens with zero attached hydrogens (tertiary/aromatic N) is 2. The minimum Gasteiger partial charge on any atom is -0.286 e. The lowest BCUT2D eigenvalue weighted by Gasteiger charge is -2.51. The van der Waals surface area contributed by atoms with Crippen molar-refractivity contribution in [1.82, 2.24) is 4.90 Å². The molecule has 0 bridgehead atoms. The van der Waals surface area contributed by atoms with Gasteiger partial charge in [-0.05, 0) is 31.3 Å². The van der Waals surface area contributed by atoms with Crippen LogP contribution in [0, 0.1) is 16.7 Å². The lowest BCUT2D eigenvalue weighted by Crippen LogP contribution is -2.58. The molecule has 1 unspecified atom stereocenters. The Hall–Kier alpha value is -0.550. The molecule has 0 N–H and O–H groups in total. The van der Waals surface area contributed by atoms with Crippen molar-refractivity contribution in [3.63, 3.8) is 0 Å². The van der Waals surface area contributed by atoms with Crippen molar-refractivity contribution in [3.8, 4) is 6.07 Å². The van der Waals surface area contributed by atoms with Gasteiger partial charge in [-0.25, -0.2) is 0 Å². The largest absolute Gasteiger partial charge is 0.286 e. The first kappa shape index (κ1) is 12.5. The minimum atomic E-state index is -0.227. The molecule has 1 atom stereocenters. The van der Waals surface area contributed by atoms with Crippen LogP contribution in [-0.4, -0.2) is 23.5 Å². The van der Waals surface area contributed by atoms with E-state index in [-0.39, 0.29) is 11.0 Å². The standard InChI is InChI=1S/C13H24N2/c1-5-15(6-2)13(11-14)10-8-7-9-12(13,3)4/h5-10H2,1-4H3. The summed E-state index contributed by atoms with van der Waals surface area (Å²) in [4.78, 5) is 2.35. The van der Waals surface area contributed by atoms with Gasteiger partial charge in [-0.1, -0.05) is 40.5 Å². The summed E-state index contributed by atoms with van der Waals surface area (Å²) in [5.74, 6) is 0. The van der Waals surface area contributed by atoms with Crippen LogP contribution in [0.1, 0.15) is 53.4 Å². The first-order valence-corrected chi connectivity index (χ1v) is 6.20. The van der Waals surface area contributed by atoms with Crippen molar-refractivity contribution < 1.29 is 0 Å². The molecule has 0 aromatic carbocycles. The summed E-state index contributed by atoms with van der Waals surface area (Å²) in [5, 5.41) is 9.62. The molecule has 1 fully saturated rings. The van der Waals surface area contributed by atoms with Gasteiger partial charge in [0.1, 0.15) is 5.54 Å². The Kier molecular flexibility index (Phi) is 3.78. The van der Waals surface area contributed by atoms with Gasteiger partial charge in [0.15, 0.2) is 0 Å². The molecule has 86 valence electrons. The Labute approximate surface area is 94.3 Å². The summed E-state index contributed by atoms with van der Waals surface area (Å²) in [7, 11) is 0. The smallest absolute Gasteiger partial charge is 0.114 e. The lowest BCUT2D eigenvalue weighted by molar-refractivity contribution is -0.00128. The first-order valence-electron chi connectivity index (χ1n) is 6.20. The number of hydrogen-bond acceptors (Lipinski definition) is 2. The van der Waals surface area contributed by atoms with E-state index in [2.05, 4.69) is 38.7 Å². The highest BCUT2D eigenvalue weighted by molar-refractivity contribution is 5.17. The maximum Gasteiger partial charge on any atom is 0.114 e. The fourth-order valence-corrected chi connectivity index (χ4v) is 3.12. The van der Waals surface area contributed by atoms with Gasteiger partial charge in [0.05, 0.1) is 6.07 Å². The van der Waals surface area contributed by atoms with Crippen molar-refractivity contribution >= 4 is 0 Å². The SMILES string of the molecule is CCN(CC)C1(C#N)CCCCC1(C)C. The summed E-state index contributed by atoms with van der Waals surface area (Å²) in [6, 6.07) is 2.64. The van der Waals surface area contributed by atoms with E-state index in [9.17, 15) is 5.26 Å². The summed E-state index contributed by atoms with van der Waals surface area (Å²) in [5.41, 5.74) is -0.0965. The van der Waals surface area contributed by atoms with Gasteiger partial charge in [-0.15, -0.1) is 0 Å². The molecule has 0 heterocycles. The third kappa shape index (κ3) is 1.90. The minimum absolute atomic E-state index is 0.131. The topological polar surface area (TPSA) is 27.0 Å². The predicted molar refractivity (Wildman–Crippen MR) is 63.5 cm³/mol. The quantitative estimate of drug-likeness (QED) is 0.712. The molecular weight excluding hydrogens is 184 g/mol. The molecule has 0 aromatic rings. The zero-order chi connectivity index (χ0) is 11.5. The molecule has 0 amide bonds. The van der Waals surface area contributed by atoms with E-state index in [0.29, 0.717) is 0 Å². The number of hydrogen-bond donors (Lipinski definition) is 0. The van der Waals surface area contributed by atoms with Crippen LogP contribution >= 0.6 is 0 Å². The van der Waals surface area contributed by atoms with Crippen molar-refractivity contribution in [3.05, 3.63) is 0 Å². The van der Waals surface area contributed by atoms with E-state index in [1.807, 2.05) is 0 Å². The van der Waals surface area contributed by atoms with Crippen LogP contribution in [0.4, 0.5) is 0 Å². The van der Waals surface area contributed by atoms with E-state index >= 15 is 0 Å². The normalized spacial score (nSPS) is 30.1. The highest BCUT2D eigenvalue weighted by atomic mass is 15.2. The second kappa shape index (κ2) is 4.53. The Balaban J connectivity index is 3.05. The third-order valence-corrected chi connectivity index (χ3v) is 4.20. The van der Waals surface area contributed by atoms with Crippen molar-refractivity contribution in [2.45, 2.75) is 58.9 Å². The van der Waals surface area contributed by atoms with Crippen molar-refractivity contribution in [2.24, 2.45) is 5.41 Å². The van der Waals surface area contributed by atoms with Gasteiger partial charge < -0.3 is 0 Å². The van der Waals surface area contributed by atoms with E-state index in [1.54, 1.807) is 0 Å². The molecule has 1 rings (SSSR count).